The van der Waals surface area contributed by atoms with Gasteiger partial charge in [-0.05, 0) is 27.2 Å². The van der Waals surface area contributed by atoms with E-state index in [1.165, 1.54) is 7.05 Å². The lowest BCUT2D eigenvalue weighted by Gasteiger charge is -2.27. The molecule has 0 aromatic carbocycles. The summed E-state index contributed by atoms with van der Waals surface area (Å²) in [6.45, 7) is 7.93. The van der Waals surface area contributed by atoms with Gasteiger partial charge in [0.2, 0.25) is 5.78 Å². The molecule has 1 atom stereocenters. The molecule has 0 unspecified atom stereocenters. The van der Waals surface area contributed by atoms with Gasteiger partial charge in [0, 0.05) is 12.6 Å². The fraction of sp³-hybridized carbons (Fsp3) is 0.818. The minimum absolute atomic E-state index is 0.163. The van der Waals surface area contributed by atoms with Gasteiger partial charge in [-0.1, -0.05) is 13.3 Å². The number of carbonyl (C=O) groups excluding carboxylic acids is 2. The van der Waals surface area contributed by atoms with Gasteiger partial charge in [-0.2, -0.15) is 0 Å². The number of nitrogens with one attached hydrogen (secondary N) is 2. The third-order valence-corrected chi connectivity index (χ3v) is 1.95. The molecule has 0 aliphatic rings. The van der Waals surface area contributed by atoms with Gasteiger partial charge < -0.3 is 10.6 Å². The molecule has 0 rings (SSSR count). The van der Waals surface area contributed by atoms with E-state index < -0.39 is 5.91 Å². The number of amides is 1. The van der Waals surface area contributed by atoms with Crippen molar-refractivity contribution < 1.29 is 9.59 Å². The van der Waals surface area contributed by atoms with Crippen LogP contribution in [0.3, 0.4) is 0 Å². The predicted molar refractivity (Wildman–Crippen MR) is 60.7 cm³/mol. The van der Waals surface area contributed by atoms with E-state index in [0.717, 1.165) is 6.42 Å². The van der Waals surface area contributed by atoms with E-state index in [4.69, 9.17) is 0 Å². The number of Topliss-reactive ketones (excluding diaryl/α,β-unsaturated/α-hetero) is 1. The van der Waals surface area contributed by atoms with Gasteiger partial charge in [0.05, 0.1) is 6.04 Å². The molecule has 2 N–H and O–H groups in total. The van der Waals surface area contributed by atoms with Gasteiger partial charge in [-0.25, -0.2) is 0 Å². The first-order valence-corrected chi connectivity index (χ1v) is 5.35. The molecule has 0 aromatic heterocycles. The van der Waals surface area contributed by atoms with Crippen molar-refractivity contribution in [2.45, 2.75) is 52.1 Å². The molecular formula is C11H22N2O2. The van der Waals surface area contributed by atoms with Crippen molar-refractivity contribution in [3.8, 4) is 0 Å². The topological polar surface area (TPSA) is 58.2 Å². The highest BCUT2D eigenvalue weighted by atomic mass is 16.2. The fourth-order valence-corrected chi connectivity index (χ4v) is 1.36. The molecule has 0 aliphatic carbocycles. The van der Waals surface area contributed by atoms with Crippen LogP contribution in [0.1, 0.15) is 40.5 Å². The Morgan fingerprint density at radius 1 is 1.27 bits per heavy atom. The first-order valence-electron chi connectivity index (χ1n) is 5.35. The zero-order chi connectivity index (χ0) is 12.1. The summed E-state index contributed by atoms with van der Waals surface area (Å²) in [7, 11) is 1.47. The van der Waals surface area contributed by atoms with Crippen LogP contribution in [-0.2, 0) is 9.59 Å². The maximum Gasteiger partial charge on any atom is 0.288 e. The largest absolute Gasteiger partial charge is 0.353 e. The lowest BCUT2D eigenvalue weighted by Crippen LogP contribution is -2.51. The summed E-state index contributed by atoms with van der Waals surface area (Å²) in [4.78, 5) is 22.9. The van der Waals surface area contributed by atoms with Crippen LogP contribution in [0.15, 0.2) is 0 Å². The Morgan fingerprint density at radius 3 is 2.13 bits per heavy atom. The van der Waals surface area contributed by atoms with Gasteiger partial charge in [0.1, 0.15) is 0 Å². The number of hydrogen-bond acceptors (Lipinski definition) is 3. The molecule has 0 heterocycles. The average Bonchev–Trinajstić information content (AvgIpc) is 2.13. The summed E-state index contributed by atoms with van der Waals surface area (Å²) < 4.78 is 0. The van der Waals surface area contributed by atoms with Crippen LogP contribution in [0.4, 0.5) is 0 Å². The van der Waals surface area contributed by atoms with Crippen LogP contribution in [0.5, 0.6) is 0 Å². The van der Waals surface area contributed by atoms with E-state index >= 15 is 0 Å². The SMILES string of the molecule is CCC[C@H](NC(C)(C)C)C(=O)C(=O)NC. The molecule has 0 bridgehead atoms. The third kappa shape index (κ3) is 5.52. The van der Waals surface area contributed by atoms with E-state index in [1.54, 1.807) is 0 Å². The Morgan fingerprint density at radius 2 is 1.80 bits per heavy atom. The normalized spacial score (nSPS) is 13.4. The van der Waals surface area contributed by atoms with Crippen molar-refractivity contribution >= 4 is 11.7 Å². The van der Waals surface area contributed by atoms with E-state index in [1.807, 2.05) is 27.7 Å². The Hall–Kier alpha value is -0.900. The second kappa shape index (κ2) is 5.85. The molecule has 1 amide bonds. The van der Waals surface area contributed by atoms with Crippen LogP contribution in [0, 0.1) is 0 Å². The van der Waals surface area contributed by atoms with Gasteiger partial charge in [0.25, 0.3) is 5.91 Å². The van der Waals surface area contributed by atoms with Crippen LogP contribution < -0.4 is 10.6 Å². The first kappa shape index (κ1) is 14.1. The standard InChI is InChI=1S/C11H22N2O2/c1-6-7-8(13-11(2,3)4)9(14)10(15)12-5/h8,13H,6-7H2,1-5H3,(H,12,15)/t8-/m0/s1. The smallest absolute Gasteiger partial charge is 0.288 e. The second-order valence-electron chi connectivity index (χ2n) is 4.68. The molecule has 0 aliphatic heterocycles. The third-order valence-electron chi connectivity index (χ3n) is 1.95. The first-order chi connectivity index (χ1) is 6.81. The van der Waals surface area contributed by atoms with Gasteiger partial charge in [0.15, 0.2) is 0 Å². The maximum absolute atomic E-state index is 11.7. The predicted octanol–water partition coefficient (Wildman–Crippen LogP) is 0.858. The summed E-state index contributed by atoms with van der Waals surface area (Å²) in [5, 5.41) is 5.52. The summed E-state index contributed by atoms with van der Waals surface area (Å²) >= 11 is 0. The maximum atomic E-state index is 11.7. The number of likely N-dealkylation sites (N-methyl/N-ethyl adjacent to an activating group) is 1. The molecular weight excluding hydrogens is 192 g/mol. The number of carbonyl (C=O) groups is 2. The number of hydrogen-bond donors (Lipinski definition) is 2. The summed E-state index contributed by atoms with van der Waals surface area (Å²) in [5.74, 6) is -0.903. The fourth-order valence-electron chi connectivity index (χ4n) is 1.36. The number of ketones is 1. The van der Waals surface area contributed by atoms with Gasteiger partial charge in [-0.3, -0.25) is 9.59 Å². The van der Waals surface area contributed by atoms with Crippen molar-refractivity contribution in [1.82, 2.24) is 10.6 Å². The molecule has 4 heteroatoms. The molecule has 88 valence electrons. The molecule has 0 aromatic rings. The quantitative estimate of drug-likeness (QED) is 0.667. The van der Waals surface area contributed by atoms with Crippen LogP contribution in [0.2, 0.25) is 0 Å². The summed E-state index contributed by atoms with van der Waals surface area (Å²) in [6, 6.07) is -0.380. The van der Waals surface area contributed by atoms with Crippen molar-refractivity contribution in [2.75, 3.05) is 7.05 Å². The zero-order valence-electron chi connectivity index (χ0n) is 10.3. The Labute approximate surface area is 91.8 Å². The van der Waals surface area contributed by atoms with Crippen molar-refractivity contribution in [2.24, 2.45) is 0 Å². The molecule has 0 radical (unpaired) electrons. The van der Waals surface area contributed by atoms with Crippen molar-refractivity contribution in [1.29, 1.82) is 0 Å². The van der Waals surface area contributed by atoms with E-state index in [2.05, 4.69) is 10.6 Å². The lowest BCUT2D eigenvalue weighted by atomic mass is 10.0. The summed E-state index contributed by atoms with van der Waals surface area (Å²) in [6.07, 6.45) is 1.56. The van der Waals surface area contributed by atoms with Crippen LogP contribution >= 0.6 is 0 Å². The minimum Gasteiger partial charge on any atom is -0.353 e. The van der Waals surface area contributed by atoms with E-state index in [9.17, 15) is 9.59 Å². The highest BCUT2D eigenvalue weighted by molar-refractivity contribution is 6.38. The highest BCUT2D eigenvalue weighted by Crippen LogP contribution is 2.06. The molecule has 0 spiro atoms. The summed E-state index contributed by atoms with van der Waals surface area (Å²) in [5.41, 5.74) is -0.163. The molecule has 4 nitrogen and oxygen atoms in total. The second-order valence-corrected chi connectivity index (χ2v) is 4.68. The van der Waals surface area contributed by atoms with Crippen molar-refractivity contribution in [3.05, 3.63) is 0 Å². The molecule has 0 fully saturated rings. The van der Waals surface area contributed by atoms with Crippen molar-refractivity contribution in [3.63, 3.8) is 0 Å². The average molecular weight is 214 g/mol. The molecule has 15 heavy (non-hydrogen) atoms. The highest BCUT2D eigenvalue weighted by Gasteiger charge is 2.26. The van der Waals surface area contributed by atoms with Gasteiger partial charge >= 0.3 is 0 Å². The Kier molecular flexibility index (Phi) is 5.50. The Bertz CT molecular complexity index is 231. The lowest BCUT2D eigenvalue weighted by molar-refractivity contribution is -0.139. The minimum atomic E-state index is -0.523. The van der Waals surface area contributed by atoms with E-state index in [-0.39, 0.29) is 17.4 Å². The van der Waals surface area contributed by atoms with Crippen LogP contribution in [0.25, 0.3) is 0 Å². The van der Waals surface area contributed by atoms with Gasteiger partial charge in [-0.15, -0.1) is 0 Å². The van der Waals surface area contributed by atoms with E-state index in [0.29, 0.717) is 6.42 Å². The zero-order valence-corrected chi connectivity index (χ0v) is 10.3. The molecule has 0 saturated carbocycles. The van der Waals surface area contributed by atoms with Crippen LogP contribution in [-0.4, -0.2) is 30.3 Å². The molecule has 0 saturated heterocycles. The Balaban J connectivity index is 4.52. The number of rotatable bonds is 5. The monoisotopic (exact) mass is 214 g/mol.